The van der Waals surface area contributed by atoms with Gasteiger partial charge >= 0.3 is 12.1 Å². The van der Waals surface area contributed by atoms with Gasteiger partial charge in [0.1, 0.15) is 10.5 Å². The van der Waals surface area contributed by atoms with Crippen LogP contribution in [-0.4, -0.2) is 40.8 Å². The van der Waals surface area contributed by atoms with E-state index in [1.54, 1.807) is 11.9 Å². The van der Waals surface area contributed by atoms with Crippen LogP contribution in [0.2, 0.25) is 0 Å². The van der Waals surface area contributed by atoms with Gasteiger partial charge < -0.3 is 14.7 Å². The standard InChI is InChI=1S/C15H20INO4S/c1-15(2,3)21-14(20)17(4)8-5-6-10-9(7-8)11(16)12(22-10)13(18)19/h8H,5-7H2,1-4H3,(H,18,19). The van der Waals surface area contributed by atoms with E-state index in [-0.39, 0.29) is 12.1 Å². The van der Waals surface area contributed by atoms with Crippen LogP contribution in [0.1, 0.15) is 47.3 Å². The minimum Gasteiger partial charge on any atom is -0.477 e. The van der Waals surface area contributed by atoms with E-state index in [0.717, 1.165) is 26.9 Å². The number of aromatic carboxylic acids is 1. The van der Waals surface area contributed by atoms with Gasteiger partial charge in [-0.2, -0.15) is 0 Å². The molecule has 1 aromatic rings. The van der Waals surface area contributed by atoms with Crippen molar-refractivity contribution in [2.24, 2.45) is 0 Å². The largest absolute Gasteiger partial charge is 0.477 e. The van der Waals surface area contributed by atoms with Gasteiger partial charge in [-0.25, -0.2) is 9.59 Å². The SMILES string of the molecule is CN(C(=O)OC(C)(C)C)C1CCc2sc(C(=O)O)c(I)c2C1. The lowest BCUT2D eigenvalue weighted by Crippen LogP contribution is -2.43. The molecular weight excluding hydrogens is 417 g/mol. The molecular formula is C15H20INO4S. The van der Waals surface area contributed by atoms with E-state index in [1.807, 2.05) is 20.8 Å². The van der Waals surface area contributed by atoms with Gasteiger partial charge in [-0.15, -0.1) is 11.3 Å². The summed E-state index contributed by atoms with van der Waals surface area (Å²) < 4.78 is 6.22. The van der Waals surface area contributed by atoms with Crippen molar-refractivity contribution in [2.45, 2.75) is 51.7 Å². The molecule has 122 valence electrons. The predicted molar refractivity (Wildman–Crippen MR) is 93.8 cm³/mol. The number of carboxylic acid groups (broad SMARTS) is 1. The van der Waals surface area contributed by atoms with Gasteiger partial charge in [0.05, 0.1) is 0 Å². The van der Waals surface area contributed by atoms with Crippen LogP contribution < -0.4 is 0 Å². The van der Waals surface area contributed by atoms with Crippen LogP contribution in [0.15, 0.2) is 0 Å². The Morgan fingerprint density at radius 1 is 1.41 bits per heavy atom. The molecule has 1 N–H and O–H groups in total. The molecule has 1 unspecified atom stereocenters. The number of fused-ring (bicyclic) bond motifs is 1. The first-order valence-corrected chi connectivity index (χ1v) is 8.99. The van der Waals surface area contributed by atoms with Crippen molar-refractivity contribution < 1.29 is 19.4 Å². The van der Waals surface area contributed by atoms with Gasteiger partial charge in [-0.3, -0.25) is 0 Å². The number of thiophene rings is 1. The molecule has 22 heavy (non-hydrogen) atoms. The summed E-state index contributed by atoms with van der Waals surface area (Å²) >= 11 is 3.46. The first-order chi connectivity index (χ1) is 10.1. The Hall–Kier alpha value is -0.830. The zero-order valence-electron chi connectivity index (χ0n) is 13.1. The number of likely N-dealkylation sites (N-methyl/N-ethyl adjacent to an activating group) is 1. The number of amides is 1. The van der Waals surface area contributed by atoms with E-state index in [9.17, 15) is 14.7 Å². The third-order valence-electron chi connectivity index (χ3n) is 3.59. The second kappa shape index (κ2) is 6.35. The molecule has 1 aliphatic rings. The molecule has 0 bridgehead atoms. The number of carbonyl (C=O) groups excluding carboxylic acids is 1. The highest BCUT2D eigenvalue weighted by atomic mass is 127. The number of carboxylic acids is 1. The molecule has 0 aliphatic heterocycles. The zero-order chi connectivity index (χ0) is 16.7. The maximum Gasteiger partial charge on any atom is 0.410 e. The Bertz CT molecular complexity index is 605. The number of aryl methyl sites for hydroxylation is 1. The Balaban J connectivity index is 2.15. The number of hydrogen-bond acceptors (Lipinski definition) is 4. The second-order valence-corrected chi connectivity index (χ2v) is 8.62. The molecule has 0 fully saturated rings. The third-order valence-corrected chi connectivity index (χ3v) is 6.43. The average molecular weight is 437 g/mol. The summed E-state index contributed by atoms with van der Waals surface area (Å²) in [5.74, 6) is -0.874. The molecule has 1 amide bonds. The Morgan fingerprint density at radius 2 is 2.05 bits per heavy atom. The molecule has 2 rings (SSSR count). The molecule has 0 radical (unpaired) electrons. The highest BCUT2D eigenvalue weighted by molar-refractivity contribution is 14.1. The van der Waals surface area contributed by atoms with Gasteiger partial charge in [0.15, 0.2) is 0 Å². The van der Waals surface area contributed by atoms with Crippen LogP contribution in [0.3, 0.4) is 0 Å². The molecule has 1 aromatic heterocycles. The Labute approximate surface area is 147 Å². The number of ether oxygens (including phenoxy) is 1. The highest BCUT2D eigenvalue weighted by Gasteiger charge is 2.32. The van der Waals surface area contributed by atoms with Crippen LogP contribution >= 0.6 is 33.9 Å². The second-order valence-electron chi connectivity index (χ2n) is 6.44. The smallest absolute Gasteiger partial charge is 0.410 e. The Morgan fingerprint density at radius 3 is 2.59 bits per heavy atom. The summed E-state index contributed by atoms with van der Waals surface area (Å²) in [5.41, 5.74) is 0.563. The van der Waals surface area contributed by atoms with Gasteiger partial charge in [0.25, 0.3) is 0 Å². The highest BCUT2D eigenvalue weighted by Crippen LogP contribution is 2.36. The summed E-state index contributed by atoms with van der Waals surface area (Å²) in [6, 6.07) is 0.0483. The van der Waals surface area contributed by atoms with Crippen molar-refractivity contribution in [1.82, 2.24) is 4.90 Å². The lowest BCUT2D eigenvalue weighted by molar-refractivity contribution is 0.0210. The first-order valence-electron chi connectivity index (χ1n) is 7.09. The maximum atomic E-state index is 12.2. The van der Waals surface area contributed by atoms with Crippen molar-refractivity contribution >= 4 is 46.0 Å². The monoisotopic (exact) mass is 437 g/mol. The fraction of sp³-hybridized carbons (Fsp3) is 0.600. The minimum absolute atomic E-state index is 0.0483. The molecule has 1 atom stereocenters. The molecule has 0 saturated carbocycles. The summed E-state index contributed by atoms with van der Waals surface area (Å²) in [4.78, 5) is 26.6. The van der Waals surface area contributed by atoms with Crippen LogP contribution in [-0.2, 0) is 17.6 Å². The van der Waals surface area contributed by atoms with Crippen molar-refractivity contribution in [3.8, 4) is 0 Å². The van der Waals surface area contributed by atoms with Crippen molar-refractivity contribution in [3.05, 3.63) is 18.9 Å². The topological polar surface area (TPSA) is 66.8 Å². The lowest BCUT2D eigenvalue weighted by Gasteiger charge is -2.33. The van der Waals surface area contributed by atoms with E-state index in [4.69, 9.17) is 4.74 Å². The number of rotatable bonds is 2. The van der Waals surface area contributed by atoms with Gasteiger partial charge in [-0.05, 0) is 68.2 Å². The Kier molecular flexibility index (Phi) is 5.06. The van der Waals surface area contributed by atoms with Crippen LogP contribution in [0.4, 0.5) is 4.79 Å². The zero-order valence-corrected chi connectivity index (χ0v) is 16.1. The lowest BCUT2D eigenvalue weighted by atomic mass is 9.93. The first kappa shape index (κ1) is 17.5. The molecule has 1 heterocycles. The van der Waals surface area contributed by atoms with Crippen LogP contribution in [0.25, 0.3) is 0 Å². The summed E-state index contributed by atoms with van der Waals surface area (Å²) in [5, 5.41) is 9.23. The molecule has 0 saturated heterocycles. The minimum atomic E-state index is -0.874. The van der Waals surface area contributed by atoms with E-state index >= 15 is 0 Å². The number of carbonyl (C=O) groups is 2. The van der Waals surface area contributed by atoms with Crippen molar-refractivity contribution in [3.63, 3.8) is 0 Å². The van der Waals surface area contributed by atoms with Crippen molar-refractivity contribution in [2.75, 3.05) is 7.05 Å². The molecule has 0 spiro atoms. The van der Waals surface area contributed by atoms with Crippen molar-refractivity contribution in [1.29, 1.82) is 0 Å². The molecule has 7 heteroatoms. The van der Waals surface area contributed by atoms with Crippen LogP contribution in [0, 0.1) is 3.57 Å². The maximum absolute atomic E-state index is 12.2. The number of nitrogens with zero attached hydrogens (tertiary/aromatic N) is 1. The van der Waals surface area contributed by atoms with E-state index in [0.29, 0.717) is 11.3 Å². The number of hydrogen-bond donors (Lipinski definition) is 1. The molecule has 0 aromatic carbocycles. The number of halogens is 1. The normalized spacial score (nSPS) is 17.8. The van der Waals surface area contributed by atoms with E-state index < -0.39 is 11.6 Å². The quantitative estimate of drug-likeness (QED) is 0.716. The van der Waals surface area contributed by atoms with Gasteiger partial charge in [0.2, 0.25) is 0 Å². The van der Waals surface area contributed by atoms with E-state index in [2.05, 4.69) is 22.6 Å². The molecule has 5 nitrogen and oxygen atoms in total. The summed E-state index contributed by atoms with van der Waals surface area (Å²) in [7, 11) is 1.75. The third kappa shape index (κ3) is 3.73. The van der Waals surface area contributed by atoms with Crippen LogP contribution in [0.5, 0.6) is 0 Å². The predicted octanol–water partition coefficient (Wildman–Crippen LogP) is 3.78. The van der Waals surface area contributed by atoms with E-state index in [1.165, 1.54) is 11.3 Å². The van der Waals surface area contributed by atoms with Gasteiger partial charge in [-0.1, -0.05) is 0 Å². The van der Waals surface area contributed by atoms with Gasteiger partial charge in [0, 0.05) is 21.5 Å². The molecule has 1 aliphatic carbocycles. The average Bonchev–Trinajstić information content (AvgIpc) is 2.73. The summed E-state index contributed by atoms with van der Waals surface area (Å²) in [6.07, 6.45) is 2.00. The fourth-order valence-corrected chi connectivity index (χ4v) is 4.85. The fourth-order valence-electron chi connectivity index (χ4n) is 2.48. The summed E-state index contributed by atoms with van der Waals surface area (Å²) in [6.45, 7) is 5.54.